The summed E-state index contributed by atoms with van der Waals surface area (Å²) in [7, 11) is 0. The Morgan fingerprint density at radius 1 is 1.15 bits per heavy atom. The highest BCUT2D eigenvalue weighted by molar-refractivity contribution is 14.1. The maximum absolute atomic E-state index is 11.5. The molecule has 0 aliphatic rings. The second kappa shape index (κ2) is 9.74. The summed E-state index contributed by atoms with van der Waals surface area (Å²) in [5.74, 6) is -0.538. The molecule has 0 saturated carbocycles. The minimum absolute atomic E-state index is 0.241. The summed E-state index contributed by atoms with van der Waals surface area (Å²) in [5.41, 5.74) is 0.965. The monoisotopic (exact) mass is 390 g/mol. The lowest BCUT2D eigenvalue weighted by Crippen LogP contribution is -2.08. The van der Waals surface area contributed by atoms with E-state index >= 15 is 0 Å². The van der Waals surface area contributed by atoms with Gasteiger partial charge in [-0.25, -0.2) is 0 Å². The molecule has 0 aromatic heterocycles. The van der Waals surface area contributed by atoms with Crippen molar-refractivity contribution in [1.82, 2.24) is 0 Å². The summed E-state index contributed by atoms with van der Waals surface area (Å²) in [6.07, 6.45) is 1.78. The van der Waals surface area contributed by atoms with Gasteiger partial charge in [-0.3, -0.25) is 9.59 Å². The van der Waals surface area contributed by atoms with Gasteiger partial charge in [-0.15, -0.1) is 0 Å². The number of halogens is 1. The summed E-state index contributed by atoms with van der Waals surface area (Å²) in [6.45, 7) is 2.65. The number of carbonyl (C=O) groups is 2. The van der Waals surface area contributed by atoms with Gasteiger partial charge in [0.05, 0.1) is 6.61 Å². The Labute approximate surface area is 133 Å². The van der Waals surface area contributed by atoms with Crippen LogP contribution in [0.3, 0.4) is 0 Å². The Bertz CT molecular complexity index is 445. The van der Waals surface area contributed by atoms with Gasteiger partial charge in [-0.2, -0.15) is 0 Å². The summed E-state index contributed by atoms with van der Waals surface area (Å²) < 4.78 is 11.2. The molecule has 0 fully saturated rings. The molecular weight excluding hydrogens is 371 g/mol. The molecule has 0 atom stereocenters. The average Bonchev–Trinajstić information content (AvgIpc) is 2.43. The van der Waals surface area contributed by atoms with E-state index in [0.717, 1.165) is 15.6 Å². The first-order chi connectivity index (χ1) is 9.61. The number of carbonyl (C=O) groups excluding carboxylic acids is 2. The standard InChI is InChI=1S/C15H19IO4/c1-2-9-19-14(17)7-4-8-15(18)20-11-12-5-3-6-13(16)10-12/h3,5-6,10H,2,4,7-9,11H2,1H3. The van der Waals surface area contributed by atoms with Gasteiger partial charge < -0.3 is 9.47 Å². The van der Waals surface area contributed by atoms with Gasteiger partial charge in [-0.1, -0.05) is 19.1 Å². The van der Waals surface area contributed by atoms with Crippen molar-refractivity contribution < 1.29 is 19.1 Å². The maximum atomic E-state index is 11.5. The van der Waals surface area contributed by atoms with Crippen molar-refractivity contribution in [2.45, 2.75) is 39.2 Å². The van der Waals surface area contributed by atoms with Gasteiger partial charge in [0.25, 0.3) is 0 Å². The van der Waals surface area contributed by atoms with E-state index in [0.29, 0.717) is 13.0 Å². The molecule has 0 saturated heterocycles. The summed E-state index contributed by atoms with van der Waals surface area (Å²) in [4.78, 5) is 22.7. The minimum Gasteiger partial charge on any atom is -0.466 e. The van der Waals surface area contributed by atoms with Gasteiger partial charge in [0.15, 0.2) is 0 Å². The molecule has 0 N–H and O–H groups in total. The fourth-order valence-corrected chi connectivity index (χ4v) is 2.14. The van der Waals surface area contributed by atoms with Crippen molar-refractivity contribution in [1.29, 1.82) is 0 Å². The van der Waals surface area contributed by atoms with Crippen LogP contribution in [0.25, 0.3) is 0 Å². The SMILES string of the molecule is CCCOC(=O)CCCC(=O)OCc1cccc(I)c1. The van der Waals surface area contributed by atoms with Crippen molar-refractivity contribution in [3.05, 3.63) is 33.4 Å². The normalized spacial score (nSPS) is 10.1. The van der Waals surface area contributed by atoms with Crippen LogP contribution in [0.4, 0.5) is 0 Å². The largest absolute Gasteiger partial charge is 0.466 e. The predicted molar refractivity (Wildman–Crippen MR) is 84.1 cm³/mol. The van der Waals surface area contributed by atoms with Gasteiger partial charge in [0, 0.05) is 16.4 Å². The fraction of sp³-hybridized carbons (Fsp3) is 0.467. The Morgan fingerprint density at radius 3 is 2.50 bits per heavy atom. The molecule has 0 spiro atoms. The quantitative estimate of drug-likeness (QED) is 0.504. The number of hydrogen-bond donors (Lipinski definition) is 0. The lowest BCUT2D eigenvalue weighted by molar-refractivity contribution is -0.146. The fourth-order valence-electron chi connectivity index (χ4n) is 1.53. The molecule has 20 heavy (non-hydrogen) atoms. The first-order valence-electron chi connectivity index (χ1n) is 6.67. The van der Waals surface area contributed by atoms with Gasteiger partial charge in [0.1, 0.15) is 6.61 Å². The molecule has 0 radical (unpaired) electrons. The summed E-state index contributed by atoms with van der Waals surface area (Å²) in [5, 5.41) is 0. The minimum atomic E-state index is -0.285. The van der Waals surface area contributed by atoms with Crippen molar-refractivity contribution in [3.63, 3.8) is 0 Å². The van der Waals surface area contributed by atoms with Gasteiger partial charge in [-0.05, 0) is 53.1 Å². The van der Waals surface area contributed by atoms with Crippen LogP contribution in [0.1, 0.15) is 38.2 Å². The van der Waals surface area contributed by atoms with Crippen molar-refractivity contribution >= 4 is 34.5 Å². The molecule has 110 valence electrons. The third-order valence-corrected chi connectivity index (χ3v) is 3.19. The van der Waals surface area contributed by atoms with E-state index in [4.69, 9.17) is 9.47 Å². The molecule has 1 rings (SSSR count). The van der Waals surface area contributed by atoms with E-state index in [-0.39, 0.29) is 31.4 Å². The van der Waals surface area contributed by atoms with Crippen LogP contribution in [0.2, 0.25) is 0 Å². The average molecular weight is 390 g/mol. The number of ether oxygens (including phenoxy) is 2. The van der Waals surface area contributed by atoms with E-state index in [2.05, 4.69) is 22.6 Å². The molecular formula is C15H19IO4. The van der Waals surface area contributed by atoms with Crippen molar-refractivity contribution in [3.8, 4) is 0 Å². The molecule has 0 heterocycles. The van der Waals surface area contributed by atoms with Crippen molar-refractivity contribution in [2.75, 3.05) is 6.61 Å². The summed E-state index contributed by atoms with van der Waals surface area (Å²) >= 11 is 2.21. The third kappa shape index (κ3) is 7.47. The van der Waals surface area contributed by atoms with E-state index in [1.807, 2.05) is 31.2 Å². The van der Waals surface area contributed by atoms with Crippen LogP contribution in [-0.4, -0.2) is 18.5 Å². The molecule has 0 aliphatic heterocycles. The van der Waals surface area contributed by atoms with E-state index in [1.54, 1.807) is 0 Å². The molecule has 4 nitrogen and oxygen atoms in total. The van der Waals surface area contributed by atoms with E-state index < -0.39 is 0 Å². The van der Waals surface area contributed by atoms with E-state index in [1.165, 1.54) is 0 Å². The zero-order chi connectivity index (χ0) is 14.8. The molecule has 5 heteroatoms. The topological polar surface area (TPSA) is 52.6 Å². The van der Waals surface area contributed by atoms with Gasteiger partial charge in [0.2, 0.25) is 0 Å². The third-order valence-electron chi connectivity index (χ3n) is 2.52. The molecule has 0 aliphatic carbocycles. The van der Waals surface area contributed by atoms with Crippen LogP contribution >= 0.6 is 22.6 Å². The summed E-state index contributed by atoms with van der Waals surface area (Å²) in [6, 6.07) is 7.79. The molecule has 1 aromatic carbocycles. The smallest absolute Gasteiger partial charge is 0.306 e. The zero-order valence-corrected chi connectivity index (χ0v) is 13.7. The first kappa shape index (κ1) is 16.9. The Hall–Kier alpha value is -1.11. The first-order valence-corrected chi connectivity index (χ1v) is 7.75. The highest BCUT2D eigenvalue weighted by atomic mass is 127. The number of benzene rings is 1. The Kier molecular flexibility index (Phi) is 8.25. The number of hydrogen-bond acceptors (Lipinski definition) is 4. The van der Waals surface area contributed by atoms with Crippen LogP contribution in [0.5, 0.6) is 0 Å². The molecule has 0 bridgehead atoms. The molecule has 1 aromatic rings. The Balaban J connectivity index is 2.16. The van der Waals surface area contributed by atoms with Crippen LogP contribution in [0.15, 0.2) is 24.3 Å². The molecule has 0 amide bonds. The second-order valence-corrected chi connectivity index (χ2v) is 5.61. The van der Waals surface area contributed by atoms with Gasteiger partial charge >= 0.3 is 11.9 Å². The highest BCUT2D eigenvalue weighted by Gasteiger charge is 2.07. The lowest BCUT2D eigenvalue weighted by Gasteiger charge is -2.05. The Morgan fingerprint density at radius 2 is 1.85 bits per heavy atom. The highest BCUT2D eigenvalue weighted by Crippen LogP contribution is 2.09. The van der Waals surface area contributed by atoms with Crippen LogP contribution in [0, 0.1) is 3.57 Å². The predicted octanol–water partition coefficient (Wildman–Crippen LogP) is 3.46. The lowest BCUT2D eigenvalue weighted by atomic mass is 10.2. The molecule has 0 unspecified atom stereocenters. The maximum Gasteiger partial charge on any atom is 0.306 e. The van der Waals surface area contributed by atoms with E-state index in [9.17, 15) is 9.59 Å². The number of rotatable bonds is 8. The zero-order valence-electron chi connectivity index (χ0n) is 11.6. The van der Waals surface area contributed by atoms with Crippen LogP contribution in [-0.2, 0) is 25.7 Å². The van der Waals surface area contributed by atoms with Crippen LogP contribution < -0.4 is 0 Å². The second-order valence-electron chi connectivity index (χ2n) is 4.36. The number of esters is 2. The van der Waals surface area contributed by atoms with Crippen molar-refractivity contribution in [2.24, 2.45) is 0 Å².